The first kappa shape index (κ1) is 13.1. The van der Waals surface area contributed by atoms with Crippen LogP contribution in [0.1, 0.15) is 43.0 Å². The summed E-state index contributed by atoms with van der Waals surface area (Å²) in [6.45, 7) is 6.83. The fraction of sp³-hybridized carbons (Fsp3) is 0.692. The van der Waals surface area contributed by atoms with Crippen LogP contribution < -0.4 is 0 Å². The molecule has 18 heavy (non-hydrogen) atoms. The zero-order chi connectivity index (χ0) is 13.3. The Labute approximate surface area is 107 Å². The van der Waals surface area contributed by atoms with Crippen LogP contribution in [0.3, 0.4) is 0 Å². The number of piperidine rings is 1. The van der Waals surface area contributed by atoms with E-state index in [4.69, 9.17) is 0 Å². The van der Waals surface area contributed by atoms with Crippen LogP contribution in [0.15, 0.2) is 6.20 Å². The zero-order valence-electron chi connectivity index (χ0n) is 11.2. The Balaban J connectivity index is 2.07. The lowest BCUT2D eigenvalue weighted by atomic mass is 9.84. The van der Waals surface area contributed by atoms with Crippen LogP contribution in [0.2, 0.25) is 0 Å². The van der Waals surface area contributed by atoms with Crippen molar-refractivity contribution in [2.45, 2.75) is 39.2 Å². The Morgan fingerprint density at radius 2 is 2.33 bits per heavy atom. The number of carbonyl (C=O) groups is 1. The van der Waals surface area contributed by atoms with Gasteiger partial charge in [0.2, 0.25) is 0 Å². The molecule has 1 atom stereocenters. The van der Waals surface area contributed by atoms with Crippen molar-refractivity contribution in [3.05, 3.63) is 17.7 Å². The number of aromatic nitrogens is 2. The topological polar surface area (TPSA) is 69.2 Å². The fourth-order valence-corrected chi connectivity index (χ4v) is 2.41. The molecule has 1 aromatic rings. The zero-order valence-corrected chi connectivity index (χ0v) is 11.2. The summed E-state index contributed by atoms with van der Waals surface area (Å²) < 4.78 is 0. The first-order chi connectivity index (χ1) is 8.38. The maximum atomic E-state index is 12.2. The molecule has 1 aliphatic rings. The van der Waals surface area contributed by atoms with E-state index in [9.17, 15) is 9.90 Å². The molecule has 2 heterocycles. The fourth-order valence-electron chi connectivity index (χ4n) is 2.41. The number of nitrogens with zero attached hydrogens (tertiary/aromatic N) is 2. The van der Waals surface area contributed by atoms with E-state index in [1.807, 2.05) is 20.8 Å². The number of nitrogens with one attached hydrogen (secondary N) is 1. The third-order valence-electron chi connectivity index (χ3n) is 3.61. The average molecular weight is 251 g/mol. The molecule has 5 heteroatoms. The molecule has 5 nitrogen and oxygen atoms in total. The molecule has 0 saturated carbocycles. The summed E-state index contributed by atoms with van der Waals surface area (Å²) in [5.74, 6) is 0.451. The number of carbonyl (C=O) groups excluding carboxylic acids is 1. The van der Waals surface area contributed by atoms with Crippen molar-refractivity contribution in [1.82, 2.24) is 14.9 Å². The lowest BCUT2D eigenvalue weighted by Crippen LogP contribution is -2.47. The van der Waals surface area contributed by atoms with E-state index in [0.29, 0.717) is 12.4 Å². The molecular weight excluding hydrogens is 230 g/mol. The lowest BCUT2D eigenvalue weighted by Gasteiger charge is -2.38. The van der Waals surface area contributed by atoms with E-state index in [0.717, 1.165) is 25.1 Å². The van der Waals surface area contributed by atoms with Crippen LogP contribution >= 0.6 is 0 Å². The predicted octanol–water partition coefficient (Wildman–Crippen LogP) is 1.34. The van der Waals surface area contributed by atoms with E-state index in [-0.39, 0.29) is 11.8 Å². The van der Waals surface area contributed by atoms with Crippen LogP contribution in [-0.4, -0.2) is 44.6 Å². The van der Waals surface area contributed by atoms with Gasteiger partial charge in [-0.3, -0.25) is 4.79 Å². The van der Waals surface area contributed by atoms with E-state index in [1.165, 1.54) is 0 Å². The summed E-state index contributed by atoms with van der Waals surface area (Å²) in [5.41, 5.74) is 0.146. The molecule has 2 N–H and O–H groups in total. The van der Waals surface area contributed by atoms with E-state index in [1.54, 1.807) is 11.1 Å². The number of amides is 1. The van der Waals surface area contributed by atoms with E-state index < -0.39 is 5.60 Å². The van der Waals surface area contributed by atoms with Gasteiger partial charge in [0, 0.05) is 30.9 Å². The highest BCUT2D eigenvalue weighted by Gasteiger charge is 2.33. The van der Waals surface area contributed by atoms with Gasteiger partial charge in [-0.05, 0) is 33.6 Å². The maximum absolute atomic E-state index is 12.2. The molecular formula is C13H21N3O2. The van der Waals surface area contributed by atoms with Gasteiger partial charge in [-0.2, -0.15) is 0 Å². The van der Waals surface area contributed by atoms with Crippen LogP contribution in [0.25, 0.3) is 0 Å². The minimum atomic E-state index is -0.738. The van der Waals surface area contributed by atoms with Crippen molar-refractivity contribution in [3.63, 3.8) is 0 Å². The highest BCUT2D eigenvalue weighted by molar-refractivity contribution is 5.90. The summed E-state index contributed by atoms with van der Waals surface area (Å²) in [6, 6.07) is 0. The molecule has 0 aliphatic carbocycles. The second kappa shape index (κ2) is 4.72. The molecule has 1 aliphatic heterocycles. The molecule has 0 radical (unpaired) electrons. The second-order valence-corrected chi connectivity index (χ2v) is 5.66. The molecule has 0 unspecified atom stereocenters. The number of hydrogen-bond acceptors (Lipinski definition) is 3. The van der Waals surface area contributed by atoms with E-state index in [2.05, 4.69) is 9.97 Å². The van der Waals surface area contributed by atoms with Crippen LogP contribution in [-0.2, 0) is 0 Å². The highest BCUT2D eigenvalue weighted by Crippen LogP contribution is 2.27. The second-order valence-electron chi connectivity index (χ2n) is 5.66. The van der Waals surface area contributed by atoms with Crippen molar-refractivity contribution < 1.29 is 9.90 Å². The van der Waals surface area contributed by atoms with Gasteiger partial charge in [0.15, 0.2) is 5.82 Å². The third kappa shape index (κ3) is 2.72. The lowest BCUT2D eigenvalue weighted by molar-refractivity contribution is -0.0148. The number of likely N-dealkylation sites (tertiary alicyclic amines) is 1. The molecule has 0 bridgehead atoms. The van der Waals surface area contributed by atoms with Gasteiger partial charge < -0.3 is 15.0 Å². The van der Waals surface area contributed by atoms with Gasteiger partial charge >= 0.3 is 0 Å². The number of aryl methyl sites for hydroxylation is 1. The Kier molecular flexibility index (Phi) is 3.43. The number of aromatic amines is 1. The Morgan fingerprint density at radius 1 is 1.61 bits per heavy atom. The van der Waals surface area contributed by atoms with Gasteiger partial charge in [-0.25, -0.2) is 4.98 Å². The number of hydrogen-bond donors (Lipinski definition) is 2. The largest absolute Gasteiger partial charge is 0.390 e. The van der Waals surface area contributed by atoms with Crippen molar-refractivity contribution in [3.8, 4) is 0 Å². The monoisotopic (exact) mass is 251 g/mol. The minimum Gasteiger partial charge on any atom is -0.390 e. The normalized spacial score (nSPS) is 21.1. The van der Waals surface area contributed by atoms with Gasteiger partial charge in [0.1, 0.15) is 0 Å². The van der Waals surface area contributed by atoms with Crippen molar-refractivity contribution in [2.24, 2.45) is 5.92 Å². The molecule has 100 valence electrons. The van der Waals surface area contributed by atoms with Crippen molar-refractivity contribution >= 4 is 5.91 Å². The summed E-state index contributed by atoms with van der Waals surface area (Å²) in [6.07, 6.45) is 3.55. The molecule has 1 fully saturated rings. The first-order valence-electron chi connectivity index (χ1n) is 6.41. The minimum absolute atomic E-state index is 0.0722. The Hall–Kier alpha value is -1.36. The maximum Gasteiger partial charge on any atom is 0.289 e. The summed E-state index contributed by atoms with van der Waals surface area (Å²) in [7, 11) is 0. The van der Waals surface area contributed by atoms with E-state index >= 15 is 0 Å². The van der Waals surface area contributed by atoms with Crippen LogP contribution in [0, 0.1) is 12.8 Å². The standard InChI is InChI=1S/C13H21N3O2/c1-9-7-14-11(15-9)12(17)16-6-4-5-10(8-16)13(2,3)18/h7,10,18H,4-6,8H2,1-3H3,(H,14,15)/t10-/m0/s1. The molecule has 2 rings (SSSR count). The number of aliphatic hydroxyl groups is 1. The Morgan fingerprint density at radius 3 is 2.89 bits per heavy atom. The predicted molar refractivity (Wildman–Crippen MR) is 68.3 cm³/mol. The van der Waals surface area contributed by atoms with Crippen molar-refractivity contribution in [1.29, 1.82) is 0 Å². The summed E-state index contributed by atoms with van der Waals surface area (Å²) in [4.78, 5) is 21.0. The highest BCUT2D eigenvalue weighted by atomic mass is 16.3. The van der Waals surface area contributed by atoms with Gasteiger partial charge in [0.25, 0.3) is 5.91 Å². The third-order valence-corrected chi connectivity index (χ3v) is 3.61. The van der Waals surface area contributed by atoms with Crippen LogP contribution in [0.5, 0.6) is 0 Å². The van der Waals surface area contributed by atoms with Gasteiger partial charge in [0.05, 0.1) is 5.60 Å². The molecule has 0 aromatic carbocycles. The SMILES string of the molecule is Cc1cnc(C(=O)N2CCC[C@H](C(C)(C)O)C2)[nH]1. The first-order valence-corrected chi connectivity index (χ1v) is 6.41. The Bertz CT molecular complexity index is 434. The number of imidazole rings is 1. The van der Waals surface area contributed by atoms with Crippen LogP contribution in [0.4, 0.5) is 0 Å². The smallest absolute Gasteiger partial charge is 0.289 e. The number of H-pyrrole nitrogens is 1. The molecule has 0 spiro atoms. The quantitative estimate of drug-likeness (QED) is 0.833. The number of rotatable bonds is 2. The molecule has 1 saturated heterocycles. The summed E-state index contributed by atoms with van der Waals surface area (Å²) in [5, 5.41) is 10.1. The average Bonchev–Trinajstić information content (AvgIpc) is 2.74. The summed E-state index contributed by atoms with van der Waals surface area (Å²) >= 11 is 0. The molecule has 1 amide bonds. The van der Waals surface area contributed by atoms with Gasteiger partial charge in [-0.1, -0.05) is 0 Å². The van der Waals surface area contributed by atoms with Crippen molar-refractivity contribution in [2.75, 3.05) is 13.1 Å². The van der Waals surface area contributed by atoms with Gasteiger partial charge in [-0.15, -0.1) is 0 Å². The molecule has 1 aromatic heterocycles.